The van der Waals surface area contributed by atoms with Crippen LogP contribution in [0.2, 0.25) is 0 Å². The lowest BCUT2D eigenvalue weighted by Crippen LogP contribution is -2.29. The Morgan fingerprint density at radius 1 is 0.269 bits per heavy atom. The first-order valence-electron chi connectivity index (χ1n) is 46.0. The highest BCUT2D eigenvalue weighted by Crippen LogP contribution is 2.61. The van der Waals surface area contributed by atoms with Crippen molar-refractivity contribution in [2.24, 2.45) is 0 Å². The second-order valence-corrected chi connectivity index (χ2v) is 36.1. The second kappa shape index (κ2) is 34.5. The van der Waals surface area contributed by atoms with Crippen LogP contribution in [0.4, 0.5) is 34.1 Å². The quantitative estimate of drug-likeness (QED) is 0.0677. The van der Waals surface area contributed by atoms with E-state index in [-0.39, 0.29) is 5.41 Å². The average Bonchev–Trinajstić information content (AvgIpc) is 1.50. The molecule has 0 saturated carbocycles. The Morgan fingerprint density at radius 3 is 0.862 bits per heavy atom. The summed E-state index contributed by atoms with van der Waals surface area (Å²) in [6.07, 6.45) is 2.26. The van der Waals surface area contributed by atoms with Gasteiger partial charge in [-0.2, -0.15) is 0 Å². The predicted molar refractivity (Wildman–Crippen MR) is 543 cm³/mol. The Morgan fingerprint density at radius 2 is 0.546 bits per heavy atom. The predicted octanol–water partition coefficient (Wildman–Crippen LogP) is 32.7. The summed E-state index contributed by atoms with van der Waals surface area (Å²) in [5.74, 6) is 2.80. The van der Waals surface area contributed by atoms with Gasteiger partial charge >= 0.3 is 0 Å². The topological polar surface area (TPSA) is 34.8 Å². The van der Waals surface area contributed by atoms with Crippen molar-refractivity contribution in [2.45, 2.75) is 103 Å². The van der Waals surface area contributed by atoms with E-state index in [1.165, 1.54) is 133 Å². The van der Waals surface area contributed by atoms with Crippen LogP contribution in [0.15, 0.2) is 443 Å². The first kappa shape index (κ1) is 81.8. The number of aromatic nitrogens is 2. The van der Waals surface area contributed by atoms with Gasteiger partial charge in [-0.25, -0.2) is 0 Å². The molecule has 2 aliphatic carbocycles. The van der Waals surface area contributed by atoms with E-state index in [1.54, 1.807) is 0 Å². The molecule has 2 atom stereocenters. The van der Waals surface area contributed by atoms with Gasteiger partial charge in [0.05, 0.1) is 32.9 Å². The van der Waals surface area contributed by atoms with E-state index in [4.69, 9.17) is 9.47 Å². The third kappa shape index (κ3) is 14.6. The molecule has 0 fully saturated rings. The van der Waals surface area contributed by atoms with Gasteiger partial charge in [-0.3, -0.25) is 0 Å². The highest BCUT2D eigenvalue weighted by Gasteiger charge is 2.49. The van der Waals surface area contributed by atoms with Crippen LogP contribution in [0.5, 0.6) is 11.5 Å². The third-order valence-electron chi connectivity index (χ3n) is 27.6. The molecule has 130 heavy (non-hydrogen) atoms. The smallest absolute Gasteiger partial charge is 0.119 e. The number of nitrogens with zero attached hydrogens (tertiary/aromatic N) is 4. The summed E-state index contributed by atoms with van der Waals surface area (Å²) < 4.78 is 17.8. The number of para-hydroxylation sites is 8. The van der Waals surface area contributed by atoms with Crippen LogP contribution in [-0.2, 0) is 29.5 Å². The fraction of sp³-hybridized carbons (Fsp3) is 0.129. The number of hydrogen-bond donors (Lipinski definition) is 0. The van der Waals surface area contributed by atoms with Crippen LogP contribution in [0.3, 0.4) is 0 Å². The Labute approximate surface area is 763 Å². The molecule has 0 aliphatic heterocycles. The van der Waals surface area contributed by atoms with Gasteiger partial charge in [0.15, 0.2) is 0 Å². The Hall–Kier alpha value is -15.2. The van der Waals surface area contributed by atoms with Crippen molar-refractivity contribution in [3.8, 4) is 45.1 Å². The lowest BCUT2D eigenvalue weighted by Gasteiger charge is -2.35. The number of ether oxygens (including phenoxy) is 2. The summed E-state index contributed by atoms with van der Waals surface area (Å²) in [5.41, 5.74) is 33.6. The van der Waals surface area contributed by atoms with Crippen molar-refractivity contribution >= 4 is 77.7 Å². The SMILES string of the molecule is CCC(C)c1ccc(COc2ccc(C3(c4ccc(C(C)(C)C)cc4)c4ccc(N(c5ccccc5)c5ccccc5)cc4-c4cc(N(c5ccccc5)c5ccccc5)ccc43)cc2)cc1.CCC(C)c1ccc(COc2ccc(C3(c4ccccc4)c4ccc(-n5c6ccccc6c6ccccc65)cc4-c4cc(-n5c6ccccc6c6ccccc65)ccc43)cc2)cc1. The van der Waals surface area contributed by atoms with Crippen molar-refractivity contribution in [3.05, 3.63) is 515 Å². The van der Waals surface area contributed by atoms with Crippen LogP contribution in [0, 0.1) is 0 Å². The Bertz CT molecular complexity index is 6980. The molecular formula is C124H104N4O2. The number of anilines is 6. The maximum absolute atomic E-state index is 6.51. The number of rotatable bonds is 22. The van der Waals surface area contributed by atoms with Crippen LogP contribution in [0.25, 0.3) is 77.2 Å². The summed E-state index contributed by atoms with van der Waals surface area (Å²) in [6, 6.07) is 163. The van der Waals surface area contributed by atoms with E-state index in [1.807, 2.05) is 0 Å². The highest BCUT2D eigenvalue weighted by atomic mass is 16.5. The highest BCUT2D eigenvalue weighted by molar-refractivity contribution is 6.11. The van der Waals surface area contributed by atoms with Crippen molar-refractivity contribution < 1.29 is 9.47 Å². The molecule has 2 aliphatic rings. The summed E-state index contributed by atoms with van der Waals surface area (Å²) in [5, 5.41) is 5.02. The second-order valence-electron chi connectivity index (χ2n) is 36.1. The largest absolute Gasteiger partial charge is 0.489 e. The van der Waals surface area contributed by atoms with Crippen molar-refractivity contribution in [2.75, 3.05) is 9.80 Å². The van der Waals surface area contributed by atoms with Gasteiger partial charge in [0, 0.05) is 67.0 Å². The first-order chi connectivity index (χ1) is 63.8. The minimum absolute atomic E-state index is 0.00517. The van der Waals surface area contributed by atoms with Crippen molar-refractivity contribution in [1.82, 2.24) is 9.13 Å². The lowest BCUT2D eigenvalue weighted by atomic mass is 9.67. The maximum atomic E-state index is 6.51. The van der Waals surface area contributed by atoms with E-state index in [0.29, 0.717) is 25.0 Å². The molecule has 0 radical (unpaired) electrons. The average molecular weight is 1680 g/mol. The Balaban J connectivity index is 0.000000158. The molecule has 0 bridgehead atoms. The van der Waals surface area contributed by atoms with E-state index in [2.05, 4.69) is 510 Å². The van der Waals surface area contributed by atoms with Crippen molar-refractivity contribution in [3.63, 3.8) is 0 Å². The molecule has 2 heterocycles. The number of hydrogen-bond acceptors (Lipinski definition) is 4. The van der Waals surface area contributed by atoms with Crippen LogP contribution in [-0.4, -0.2) is 9.13 Å². The fourth-order valence-corrected chi connectivity index (χ4v) is 20.6. The van der Waals surface area contributed by atoms with Crippen molar-refractivity contribution in [1.29, 1.82) is 0 Å². The van der Waals surface area contributed by atoms with Gasteiger partial charge in [-0.05, 0) is 270 Å². The van der Waals surface area contributed by atoms with E-state index >= 15 is 0 Å². The van der Waals surface area contributed by atoms with Gasteiger partial charge < -0.3 is 28.4 Å². The van der Waals surface area contributed by atoms with Gasteiger partial charge in [0.2, 0.25) is 0 Å². The van der Waals surface area contributed by atoms with E-state index in [0.717, 1.165) is 75.4 Å². The minimum atomic E-state index is -0.642. The summed E-state index contributed by atoms with van der Waals surface area (Å²) in [6.45, 7) is 16.9. The molecule has 0 amide bonds. The zero-order valence-corrected chi connectivity index (χ0v) is 74.7. The zero-order chi connectivity index (χ0) is 88.0. The zero-order valence-electron chi connectivity index (χ0n) is 74.7. The molecular weight excluding hydrogens is 1580 g/mol. The molecule has 20 aromatic rings. The third-order valence-corrected chi connectivity index (χ3v) is 27.6. The lowest BCUT2D eigenvalue weighted by molar-refractivity contribution is 0.306. The molecule has 0 N–H and O–H groups in total. The normalized spacial score (nSPS) is 13.2. The standard InChI is InChI=1S/C64H58N2O.C60H46N2O/c1-6-46(2)48-29-27-47(28-30-48)45-67-58-39-35-51(36-40-58)64(50-33-31-49(32-34-50)63(3,4)5)61-41-37-56(65(52-19-11-7-12-20-52)53-21-13-8-14-22-53)43-59(61)60-44-57(38-42-62(60)64)66(54-23-15-9-16-24-54)55-25-17-10-18-26-55;1-3-40(2)42-27-25-41(26-28-42)39-63-47-33-29-44(30-34-47)60(43-15-5-4-6-16-43)54-35-31-45(61-56-21-11-7-17-48(56)49-18-8-12-22-57(49)61)37-52(54)53-38-46(32-36-55(53)60)62-58-23-13-9-19-50(58)51-20-10-14-24-59(51)62/h7-44,46H,6,45H2,1-5H3;4-38,40H,3,39H2,1-2H3. The fourth-order valence-electron chi connectivity index (χ4n) is 20.6. The molecule has 22 rings (SSSR count). The maximum Gasteiger partial charge on any atom is 0.119 e. The van der Waals surface area contributed by atoms with E-state index < -0.39 is 10.8 Å². The molecule has 6 heteroatoms. The molecule has 0 spiro atoms. The number of benzene rings is 18. The molecule has 6 nitrogen and oxygen atoms in total. The summed E-state index contributed by atoms with van der Waals surface area (Å²) in [7, 11) is 0. The monoisotopic (exact) mass is 1680 g/mol. The Kier molecular flexibility index (Phi) is 21.7. The summed E-state index contributed by atoms with van der Waals surface area (Å²) in [4.78, 5) is 4.73. The molecule has 2 unspecified atom stereocenters. The minimum Gasteiger partial charge on any atom is -0.489 e. The van der Waals surface area contributed by atoms with Gasteiger partial charge in [0.25, 0.3) is 0 Å². The number of fused-ring (bicyclic) bond motifs is 12. The van der Waals surface area contributed by atoms with Crippen LogP contribution in [0.1, 0.15) is 145 Å². The van der Waals surface area contributed by atoms with Gasteiger partial charge in [-0.15, -0.1) is 0 Å². The van der Waals surface area contributed by atoms with E-state index in [9.17, 15) is 0 Å². The van der Waals surface area contributed by atoms with Crippen LogP contribution < -0.4 is 19.3 Å². The van der Waals surface area contributed by atoms with Gasteiger partial charge in [0.1, 0.15) is 24.7 Å². The first-order valence-corrected chi connectivity index (χ1v) is 46.0. The van der Waals surface area contributed by atoms with Gasteiger partial charge in [-0.1, -0.05) is 346 Å². The van der Waals surface area contributed by atoms with Crippen LogP contribution >= 0.6 is 0 Å². The molecule has 0 saturated heterocycles. The summed E-state index contributed by atoms with van der Waals surface area (Å²) >= 11 is 0. The molecule has 632 valence electrons. The molecule has 2 aromatic heterocycles. The molecule has 18 aromatic carbocycles.